The van der Waals surface area contributed by atoms with E-state index in [0.717, 1.165) is 29.5 Å². The molecule has 1 aromatic carbocycles. The summed E-state index contributed by atoms with van der Waals surface area (Å²) in [6.07, 6.45) is -3.60. The zero-order chi connectivity index (χ0) is 21.1. The van der Waals surface area contributed by atoms with Crippen molar-refractivity contribution in [1.29, 1.82) is 0 Å². The Balaban J connectivity index is 2.40. The van der Waals surface area contributed by atoms with Crippen LogP contribution in [0.1, 0.15) is 56.7 Å². The summed E-state index contributed by atoms with van der Waals surface area (Å²) >= 11 is 0. The lowest BCUT2D eigenvalue weighted by atomic mass is 9.92. The second kappa shape index (κ2) is 8.82. The maximum Gasteiger partial charge on any atom is 0.416 e. The first-order valence-corrected chi connectivity index (χ1v) is 9.11. The number of aliphatic hydroxyl groups excluding tert-OH is 1. The molecule has 7 heteroatoms. The van der Waals surface area contributed by atoms with Crippen molar-refractivity contribution in [3.63, 3.8) is 0 Å². The second-order valence-corrected chi connectivity index (χ2v) is 6.97. The molecule has 1 aliphatic carbocycles. The molecule has 0 amide bonds. The van der Waals surface area contributed by atoms with Crippen LogP contribution in [0.3, 0.4) is 0 Å². The minimum atomic E-state index is -4.47. The Labute approximate surface area is 162 Å². The molecule has 154 valence electrons. The van der Waals surface area contributed by atoms with Crippen LogP contribution < -0.4 is 0 Å². The number of halogens is 3. The predicted molar refractivity (Wildman–Crippen MR) is 98.4 cm³/mol. The van der Waals surface area contributed by atoms with E-state index in [1.807, 2.05) is 13.8 Å². The van der Waals surface area contributed by atoms with Gasteiger partial charge in [-0.05, 0) is 69.4 Å². The number of aliphatic hydroxyl groups is 1. The fraction of sp³-hybridized carbons (Fsp3) is 0.476. The topological polar surface area (TPSA) is 55.8 Å². The van der Waals surface area contributed by atoms with E-state index in [1.54, 1.807) is 13.8 Å². The maximum atomic E-state index is 13.1. The largest absolute Gasteiger partial charge is 0.468 e. The molecule has 2 rings (SSSR count). The molecule has 2 atom stereocenters. The number of alkyl halides is 3. The molecular formula is C21H25F3O4. The van der Waals surface area contributed by atoms with Gasteiger partial charge in [0.1, 0.15) is 0 Å². The molecule has 0 saturated carbocycles. The Morgan fingerprint density at radius 1 is 1.32 bits per heavy atom. The molecule has 2 unspecified atom stereocenters. The van der Waals surface area contributed by atoms with Crippen molar-refractivity contribution < 1.29 is 32.5 Å². The SMILES string of the molecule is CCOC(=O)/C(=C/OC(O)C(C)=C(C)C)C1CCc2ccc(C(F)(F)F)cc21. The summed E-state index contributed by atoms with van der Waals surface area (Å²) in [5.74, 6) is -1.25. The number of benzene rings is 1. The number of ether oxygens (including phenoxy) is 2. The Bertz CT molecular complexity index is 789. The lowest BCUT2D eigenvalue weighted by Crippen LogP contribution is -2.17. The Morgan fingerprint density at radius 3 is 2.57 bits per heavy atom. The van der Waals surface area contributed by atoms with Gasteiger partial charge in [-0.1, -0.05) is 11.6 Å². The third kappa shape index (κ3) is 4.95. The van der Waals surface area contributed by atoms with Crippen molar-refractivity contribution in [3.8, 4) is 0 Å². The van der Waals surface area contributed by atoms with Gasteiger partial charge in [-0.2, -0.15) is 13.2 Å². The summed E-state index contributed by atoms with van der Waals surface area (Å²) in [4.78, 5) is 12.5. The van der Waals surface area contributed by atoms with Gasteiger partial charge >= 0.3 is 12.1 Å². The molecule has 28 heavy (non-hydrogen) atoms. The molecule has 0 fully saturated rings. The average Bonchev–Trinajstić information content (AvgIpc) is 3.03. The van der Waals surface area contributed by atoms with Gasteiger partial charge in [0, 0.05) is 5.92 Å². The highest BCUT2D eigenvalue weighted by atomic mass is 19.4. The molecule has 0 spiro atoms. The van der Waals surface area contributed by atoms with Crippen molar-refractivity contribution in [3.05, 3.63) is 57.9 Å². The van der Waals surface area contributed by atoms with E-state index in [4.69, 9.17) is 9.47 Å². The van der Waals surface area contributed by atoms with Crippen LogP contribution in [0.15, 0.2) is 41.2 Å². The molecule has 0 aliphatic heterocycles. The van der Waals surface area contributed by atoms with Gasteiger partial charge in [-0.3, -0.25) is 0 Å². The summed E-state index contributed by atoms with van der Waals surface area (Å²) < 4.78 is 49.7. The summed E-state index contributed by atoms with van der Waals surface area (Å²) in [5, 5.41) is 10.1. The number of rotatable bonds is 6. The van der Waals surface area contributed by atoms with Crippen LogP contribution in [0.4, 0.5) is 13.2 Å². The van der Waals surface area contributed by atoms with E-state index in [1.165, 1.54) is 6.07 Å². The first kappa shape index (κ1) is 22.0. The fourth-order valence-electron chi connectivity index (χ4n) is 3.08. The smallest absolute Gasteiger partial charge is 0.416 e. The van der Waals surface area contributed by atoms with E-state index in [-0.39, 0.29) is 12.2 Å². The zero-order valence-corrected chi connectivity index (χ0v) is 16.4. The highest BCUT2D eigenvalue weighted by molar-refractivity contribution is 5.90. The summed E-state index contributed by atoms with van der Waals surface area (Å²) in [6.45, 7) is 7.07. The van der Waals surface area contributed by atoms with Crippen LogP contribution in [-0.4, -0.2) is 24.0 Å². The molecule has 0 saturated heterocycles. The van der Waals surface area contributed by atoms with E-state index >= 15 is 0 Å². The third-order valence-corrected chi connectivity index (χ3v) is 4.92. The van der Waals surface area contributed by atoms with Crippen molar-refractivity contribution in [2.24, 2.45) is 0 Å². The quantitative estimate of drug-likeness (QED) is 0.244. The highest BCUT2D eigenvalue weighted by Crippen LogP contribution is 2.41. The molecule has 1 aromatic rings. The van der Waals surface area contributed by atoms with Crippen LogP contribution in [-0.2, 0) is 26.9 Å². The number of hydrogen-bond donors (Lipinski definition) is 1. The Morgan fingerprint density at radius 2 is 2.00 bits per heavy atom. The number of carbonyl (C=O) groups is 1. The summed E-state index contributed by atoms with van der Waals surface area (Å²) in [7, 11) is 0. The van der Waals surface area contributed by atoms with Crippen LogP contribution in [0.5, 0.6) is 0 Å². The molecule has 1 aliphatic rings. The van der Waals surface area contributed by atoms with Crippen LogP contribution in [0.2, 0.25) is 0 Å². The normalized spacial score (nSPS) is 17.7. The number of carbonyl (C=O) groups excluding carboxylic acids is 1. The average molecular weight is 398 g/mol. The number of aryl methyl sites for hydroxylation is 1. The monoisotopic (exact) mass is 398 g/mol. The molecule has 1 N–H and O–H groups in total. The number of fused-ring (bicyclic) bond motifs is 1. The van der Waals surface area contributed by atoms with Gasteiger partial charge in [0.2, 0.25) is 6.29 Å². The number of esters is 1. The van der Waals surface area contributed by atoms with Gasteiger partial charge in [-0.25, -0.2) is 4.79 Å². The van der Waals surface area contributed by atoms with Crippen molar-refractivity contribution in [2.45, 2.75) is 58.9 Å². The fourth-order valence-corrected chi connectivity index (χ4v) is 3.08. The molecule has 0 heterocycles. The summed E-state index contributed by atoms with van der Waals surface area (Å²) in [6, 6.07) is 3.58. The lowest BCUT2D eigenvalue weighted by molar-refractivity contribution is -0.139. The first-order valence-electron chi connectivity index (χ1n) is 9.11. The van der Waals surface area contributed by atoms with Crippen LogP contribution in [0.25, 0.3) is 0 Å². The molecular weight excluding hydrogens is 373 g/mol. The standard InChI is InChI=1S/C21H25F3O4/c1-5-27-20(26)18(11-28-19(25)13(4)12(2)3)16-9-7-14-6-8-15(10-17(14)16)21(22,23)24/h6,8,10-11,16,19,25H,5,7,9H2,1-4H3/b18-11+. The van der Waals surface area contributed by atoms with Gasteiger partial charge in [0.15, 0.2) is 0 Å². The van der Waals surface area contributed by atoms with Gasteiger partial charge in [-0.15, -0.1) is 0 Å². The van der Waals surface area contributed by atoms with Crippen molar-refractivity contribution in [1.82, 2.24) is 0 Å². The van der Waals surface area contributed by atoms with Crippen molar-refractivity contribution in [2.75, 3.05) is 6.61 Å². The van der Waals surface area contributed by atoms with E-state index in [0.29, 0.717) is 24.0 Å². The minimum absolute atomic E-state index is 0.0977. The Kier molecular flexibility index (Phi) is 6.93. The molecule has 0 radical (unpaired) electrons. The zero-order valence-electron chi connectivity index (χ0n) is 16.4. The lowest BCUT2D eigenvalue weighted by Gasteiger charge is -2.18. The Hall–Kier alpha value is -2.28. The molecule has 4 nitrogen and oxygen atoms in total. The van der Waals surface area contributed by atoms with E-state index < -0.39 is 29.9 Å². The highest BCUT2D eigenvalue weighted by Gasteiger charge is 2.36. The molecule has 0 aromatic heterocycles. The molecule has 0 bridgehead atoms. The van der Waals surface area contributed by atoms with E-state index in [2.05, 4.69) is 0 Å². The van der Waals surface area contributed by atoms with Crippen molar-refractivity contribution >= 4 is 5.97 Å². The van der Waals surface area contributed by atoms with Gasteiger partial charge in [0.25, 0.3) is 0 Å². The van der Waals surface area contributed by atoms with Crippen LogP contribution in [0, 0.1) is 0 Å². The van der Waals surface area contributed by atoms with Gasteiger partial charge in [0.05, 0.1) is 24.0 Å². The van der Waals surface area contributed by atoms with Gasteiger partial charge < -0.3 is 14.6 Å². The van der Waals surface area contributed by atoms with E-state index in [9.17, 15) is 23.1 Å². The maximum absolute atomic E-state index is 13.1. The third-order valence-electron chi connectivity index (χ3n) is 4.92. The number of allylic oxidation sites excluding steroid dienone is 1. The minimum Gasteiger partial charge on any atom is -0.468 e. The first-order chi connectivity index (χ1) is 13.1. The predicted octanol–water partition coefficient (Wildman–Crippen LogP) is 4.87. The van der Waals surface area contributed by atoms with Crippen LogP contribution >= 0.6 is 0 Å². The summed E-state index contributed by atoms with van der Waals surface area (Å²) in [5.41, 5.74) is 1.98. The number of hydrogen-bond acceptors (Lipinski definition) is 4. The second-order valence-electron chi connectivity index (χ2n) is 6.97.